The van der Waals surface area contributed by atoms with Crippen LogP contribution in [0.3, 0.4) is 0 Å². The summed E-state index contributed by atoms with van der Waals surface area (Å²) in [5, 5.41) is 14.3. The lowest BCUT2D eigenvalue weighted by atomic mass is 9.90. The molecule has 10 nitrogen and oxygen atoms in total. The van der Waals surface area contributed by atoms with Gasteiger partial charge in [0.2, 0.25) is 0 Å². The fourth-order valence-corrected chi connectivity index (χ4v) is 5.69. The van der Waals surface area contributed by atoms with Crippen molar-refractivity contribution in [2.24, 2.45) is 5.92 Å². The van der Waals surface area contributed by atoms with E-state index in [-0.39, 0.29) is 11.6 Å². The number of carbonyl (C=O) groups excluding carboxylic acids is 3. The molecule has 3 aliphatic rings. The first kappa shape index (κ1) is 23.8. The number of anilines is 3. The van der Waals surface area contributed by atoms with Crippen molar-refractivity contribution in [3.05, 3.63) is 58.6 Å². The normalized spacial score (nSPS) is 19.1. The number of hydrogen-bond acceptors (Lipinski definition) is 7. The summed E-state index contributed by atoms with van der Waals surface area (Å²) >= 11 is 0. The molecule has 2 aliphatic heterocycles. The molecular weight excluding hydrogens is 464 g/mol. The van der Waals surface area contributed by atoms with Gasteiger partial charge in [-0.3, -0.25) is 29.4 Å². The molecule has 1 aliphatic carbocycles. The Morgan fingerprint density at radius 2 is 1.67 bits per heavy atom. The van der Waals surface area contributed by atoms with Crippen molar-refractivity contribution in [2.75, 3.05) is 34.8 Å². The fourth-order valence-electron chi connectivity index (χ4n) is 5.69. The smallest absolute Gasteiger partial charge is 0.309 e. The third-order valence-corrected chi connectivity index (χ3v) is 7.51. The molecule has 0 radical (unpaired) electrons. The van der Waals surface area contributed by atoms with Crippen LogP contribution in [-0.2, 0) is 19.1 Å². The molecule has 0 bridgehead atoms. The number of nitrogens with zero attached hydrogens (tertiary/aromatic N) is 3. The number of piperidine rings is 1. The monoisotopic (exact) mass is 492 g/mol. The van der Waals surface area contributed by atoms with Crippen molar-refractivity contribution < 1.29 is 24.0 Å². The number of esters is 1. The first-order valence-corrected chi connectivity index (χ1v) is 12.3. The molecular formula is C26H28N4O6. The number of fused-ring (bicyclic) bond motifs is 1. The maximum Gasteiger partial charge on any atom is 0.309 e. The molecule has 2 heterocycles. The van der Waals surface area contributed by atoms with E-state index in [0.717, 1.165) is 12.8 Å². The number of para-hydroxylation sites is 4. The average Bonchev–Trinajstić information content (AvgIpc) is 3.38. The number of nitro benzene ring substituents is 1. The Labute approximate surface area is 208 Å². The molecule has 1 N–H and O–H groups in total. The molecule has 2 amide bonds. The fraction of sp³-hybridized carbons (Fsp3) is 0.423. The summed E-state index contributed by atoms with van der Waals surface area (Å²) in [5.74, 6) is -1.46. The minimum absolute atomic E-state index is 0.0378. The predicted molar refractivity (Wildman–Crippen MR) is 133 cm³/mol. The van der Waals surface area contributed by atoms with Gasteiger partial charge in [-0.1, -0.05) is 37.1 Å². The predicted octanol–water partition coefficient (Wildman–Crippen LogP) is 3.65. The Hall–Kier alpha value is -3.95. The summed E-state index contributed by atoms with van der Waals surface area (Å²) in [7, 11) is 0. The van der Waals surface area contributed by atoms with E-state index in [2.05, 4.69) is 5.32 Å². The number of benzene rings is 2. The minimum Gasteiger partial charge on any atom is -0.455 e. The highest BCUT2D eigenvalue weighted by Crippen LogP contribution is 2.45. The number of hydrogen-bond donors (Lipinski definition) is 1. The lowest BCUT2D eigenvalue weighted by molar-refractivity contribution is -0.384. The average molecular weight is 493 g/mol. The molecule has 0 atom stereocenters. The molecule has 2 aromatic carbocycles. The Morgan fingerprint density at radius 1 is 1.03 bits per heavy atom. The number of ether oxygens (including phenoxy) is 1. The molecule has 1 spiro atoms. The highest BCUT2D eigenvalue weighted by atomic mass is 16.6. The third kappa shape index (κ3) is 4.16. The summed E-state index contributed by atoms with van der Waals surface area (Å²) < 4.78 is 5.46. The van der Waals surface area contributed by atoms with Crippen LogP contribution in [0.25, 0.3) is 0 Å². The molecule has 1 saturated carbocycles. The minimum atomic E-state index is -0.951. The van der Waals surface area contributed by atoms with Gasteiger partial charge in [0, 0.05) is 19.2 Å². The van der Waals surface area contributed by atoms with Gasteiger partial charge in [0.05, 0.1) is 22.2 Å². The van der Waals surface area contributed by atoms with Gasteiger partial charge in [0.1, 0.15) is 11.2 Å². The van der Waals surface area contributed by atoms with Gasteiger partial charge in [0.15, 0.2) is 6.61 Å². The van der Waals surface area contributed by atoms with E-state index in [4.69, 9.17) is 4.74 Å². The summed E-state index contributed by atoms with van der Waals surface area (Å²) in [4.78, 5) is 53.6. The zero-order valence-corrected chi connectivity index (χ0v) is 19.9. The van der Waals surface area contributed by atoms with Gasteiger partial charge in [-0.15, -0.1) is 0 Å². The van der Waals surface area contributed by atoms with Gasteiger partial charge in [0.25, 0.3) is 17.5 Å². The molecule has 36 heavy (non-hydrogen) atoms. The highest BCUT2D eigenvalue weighted by molar-refractivity contribution is 6.15. The number of nitro groups is 1. The lowest BCUT2D eigenvalue weighted by Gasteiger charge is -2.44. The first-order valence-electron chi connectivity index (χ1n) is 12.3. The van der Waals surface area contributed by atoms with E-state index in [0.29, 0.717) is 55.8 Å². The van der Waals surface area contributed by atoms with Crippen molar-refractivity contribution in [3.8, 4) is 0 Å². The van der Waals surface area contributed by atoms with E-state index < -0.39 is 34.9 Å². The van der Waals surface area contributed by atoms with Crippen LogP contribution in [0.5, 0.6) is 0 Å². The van der Waals surface area contributed by atoms with Gasteiger partial charge >= 0.3 is 5.97 Å². The second kappa shape index (κ2) is 9.60. The molecule has 5 rings (SSSR count). The molecule has 0 unspecified atom stereocenters. The molecule has 2 fully saturated rings. The maximum atomic E-state index is 13.4. The Kier molecular flexibility index (Phi) is 6.34. The van der Waals surface area contributed by atoms with Crippen LogP contribution in [0.15, 0.2) is 48.5 Å². The standard InChI is InChI=1S/C26H28N4O6/c31-23(29-20-8-2-1-7-19(20)27-25(33)26(29)13-5-6-14-26)17-36-24(32)18-11-15-28(16-12-18)21-9-3-4-10-22(21)30(34)35/h1-4,7-10,18H,5-6,11-17H2,(H,27,33). The second-order valence-corrected chi connectivity index (χ2v) is 9.55. The molecule has 10 heteroatoms. The Morgan fingerprint density at radius 3 is 2.36 bits per heavy atom. The van der Waals surface area contributed by atoms with Crippen LogP contribution in [0.2, 0.25) is 0 Å². The van der Waals surface area contributed by atoms with Gasteiger partial charge < -0.3 is 15.0 Å². The molecule has 1 saturated heterocycles. The Balaban J connectivity index is 1.23. The highest BCUT2D eigenvalue weighted by Gasteiger charge is 2.52. The van der Waals surface area contributed by atoms with Gasteiger partial charge in [-0.05, 0) is 43.9 Å². The summed E-state index contributed by atoms with van der Waals surface area (Å²) in [6.45, 7) is 0.509. The number of nitrogens with one attached hydrogen (secondary N) is 1. The van der Waals surface area contributed by atoms with E-state index in [1.807, 2.05) is 11.0 Å². The molecule has 2 aromatic rings. The quantitative estimate of drug-likeness (QED) is 0.384. The summed E-state index contributed by atoms with van der Waals surface area (Å²) in [5.41, 5.74) is 0.817. The van der Waals surface area contributed by atoms with Crippen molar-refractivity contribution in [1.29, 1.82) is 0 Å². The van der Waals surface area contributed by atoms with Crippen LogP contribution in [-0.4, -0.2) is 47.9 Å². The van der Waals surface area contributed by atoms with Crippen molar-refractivity contribution in [3.63, 3.8) is 0 Å². The first-order chi connectivity index (χ1) is 17.4. The van der Waals surface area contributed by atoms with E-state index >= 15 is 0 Å². The number of rotatable bonds is 5. The van der Waals surface area contributed by atoms with E-state index in [9.17, 15) is 24.5 Å². The molecule has 0 aromatic heterocycles. The van der Waals surface area contributed by atoms with Crippen LogP contribution in [0, 0.1) is 16.0 Å². The third-order valence-electron chi connectivity index (χ3n) is 7.51. The van der Waals surface area contributed by atoms with Crippen molar-refractivity contribution >= 4 is 40.5 Å². The number of amides is 2. The zero-order chi connectivity index (χ0) is 25.3. The molecule has 188 valence electrons. The SMILES string of the molecule is O=C(OCC(=O)N1c2ccccc2NC(=O)C12CCCC2)C1CCN(c2ccccc2[N+](=O)[O-])CC1. The van der Waals surface area contributed by atoms with Gasteiger partial charge in [-0.25, -0.2) is 0 Å². The summed E-state index contributed by atoms with van der Waals surface area (Å²) in [6, 6.07) is 13.7. The number of carbonyl (C=O) groups is 3. The Bertz CT molecular complexity index is 1200. The van der Waals surface area contributed by atoms with Crippen LogP contribution in [0.4, 0.5) is 22.7 Å². The van der Waals surface area contributed by atoms with Crippen molar-refractivity contribution in [1.82, 2.24) is 0 Å². The topological polar surface area (TPSA) is 122 Å². The van der Waals surface area contributed by atoms with Gasteiger partial charge in [-0.2, -0.15) is 0 Å². The van der Waals surface area contributed by atoms with E-state index in [1.54, 1.807) is 41.3 Å². The zero-order valence-electron chi connectivity index (χ0n) is 19.9. The second-order valence-electron chi connectivity index (χ2n) is 9.55. The van der Waals surface area contributed by atoms with Crippen LogP contribution >= 0.6 is 0 Å². The summed E-state index contributed by atoms with van der Waals surface area (Å²) in [6.07, 6.45) is 3.76. The lowest BCUT2D eigenvalue weighted by Crippen LogP contribution is -2.61. The maximum absolute atomic E-state index is 13.4. The largest absolute Gasteiger partial charge is 0.455 e. The van der Waals surface area contributed by atoms with E-state index in [1.165, 1.54) is 6.07 Å². The van der Waals surface area contributed by atoms with Crippen LogP contribution < -0.4 is 15.1 Å². The van der Waals surface area contributed by atoms with Crippen molar-refractivity contribution in [2.45, 2.75) is 44.1 Å². The van der Waals surface area contributed by atoms with Crippen LogP contribution in [0.1, 0.15) is 38.5 Å².